The van der Waals surface area contributed by atoms with Crippen molar-refractivity contribution in [3.63, 3.8) is 0 Å². The Kier molecular flexibility index (Phi) is 3.00. The highest BCUT2D eigenvalue weighted by atomic mass is 16.5. The first-order valence-electron chi connectivity index (χ1n) is 6.15. The topological polar surface area (TPSA) is 47.3 Å². The summed E-state index contributed by atoms with van der Waals surface area (Å²) in [5.41, 5.74) is 5.20. The Morgan fingerprint density at radius 1 is 1.00 bits per heavy atom. The maximum Gasteiger partial charge on any atom is 0.126 e. The molecule has 2 unspecified atom stereocenters. The Morgan fingerprint density at radius 3 is 2.50 bits per heavy atom. The highest BCUT2D eigenvalue weighted by Gasteiger charge is 2.28. The third-order valence-corrected chi connectivity index (χ3v) is 3.39. The van der Waals surface area contributed by atoms with Gasteiger partial charge >= 0.3 is 0 Å². The number of benzene rings is 2. The van der Waals surface area contributed by atoms with Gasteiger partial charge in [-0.1, -0.05) is 48.5 Å². The lowest BCUT2D eigenvalue weighted by Crippen LogP contribution is -2.33. The summed E-state index contributed by atoms with van der Waals surface area (Å²) in [5, 5.41) is 0. The Bertz CT molecular complexity index is 527. The van der Waals surface area contributed by atoms with E-state index in [2.05, 4.69) is 23.6 Å². The monoisotopic (exact) mass is 240 g/mol. The standard InChI is InChI=1S/C15H16N2O/c16-17-13-10-15(11-6-2-1-3-7-11)18-14-9-5-4-8-12(13)14/h1-9,13,15,17H,10,16H2. The van der Waals surface area contributed by atoms with Crippen LogP contribution in [0.1, 0.15) is 29.7 Å². The summed E-state index contributed by atoms with van der Waals surface area (Å²) in [5.74, 6) is 6.57. The maximum absolute atomic E-state index is 6.05. The van der Waals surface area contributed by atoms with E-state index in [1.165, 1.54) is 5.56 Å². The molecule has 92 valence electrons. The fourth-order valence-corrected chi connectivity index (χ4v) is 2.45. The molecule has 2 atom stereocenters. The van der Waals surface area contributed by atoms with Gasteiger partial charge < -0.3 is 4.74 Å². The van der Waals surface area contributed by atoms with Crippen molar-refractivity contribution in [2.75, 3.05) is 0 Å². The lowest BCUT2D eigenvalue weighted by atomic mass is 9.93. The molecule has 3 rings (SSSR count). The lowest BCUT2D eigenvalue weighted by molar-refractivity contribution is 0.151. The Balaban J connectivity index is 1.95. The minimum Gasteiger partial charge on any atom is -0.485 e. The van der Waals surface area contributed by atoms with Gasteiger partial charge in [0.05, 0.1) is 6.04 Å². The second-order valence-electron chi connectivity index (χ2n) is 4.51. The highest BCUT2D eigenvalue weighted by molar-refractivity contribution is 5.39. The Morgan fingerprint density at radius 2 is 1.72 bits per heavy atom. The van der Waals surface area contributed by atoms with E-state index in [1.54, 1.807) is 0 Å². The minimum absolute atomic E-state index is 0.0575. The first-order chi connectivity index (χ1) is 8.88. The van der Waals surface area contributed by atoms with E-state index in [1.807, 2.05) is 36.4 Å². The number of rotatable bonds is 2. The van der Waals surface area contributed by atoms with Crippen LogP contribution in [0.3, 0.4) is 0 Å². The molecule has 0 bridgehead atoms. The summed E-state index contributed by atoms with van der Waals surface area (Å²) in [6, 6.07) is 18.4. The van der Waals surface area contributed by atoms with Gasteiger partial charge in [0, 0.05) is 12.0 Å². The summed E-state index contributed by atoms with van der Waals surface area (Å²) in [6.45, 7) is 0. The van der Waals surface area contributed by atoms with E-state index in [9.17, 15) is 0 Å². The van der Waals surface area contributed by atoms with Crippen LogP contribution >= 0.6 is 0 Å². The van der Waals surface area contributed by atoms with Gasteiger partial charge in [0.25, 0.3) is 0 Å². The van der Waals surface area contributed by atoms with Crippen LogP contribution < -0.4 is 16.0 Å². The molecule has 18 heavy (non-hydrogen) atoms. The fourth-order valence-electron chi connectivity index (χ4n) is 2.45. The second-order valence-corrected chi connectivity index (χ2v) is 4.51. The zero-order chi connectivity index (χ0) is 12.4. The number of nitrogens with one attached hydrogen (secondary N) is 1. The summed E-state index contributed by atoms with van der Waals surface area (Å²) in [7, 11) is 0. The van der Waals surface area contributed by atoms with E-state index in [0.29, 0.717) is 0 Å². The fraction of sp³-hybridized carbons (Fsp3) is 0.200. The molecule has 1 heterocycles. The molecule has 3 N–H and O–H groups in total. The first kappa shape index (κ1) is 11.3. The quantitative estimate of drug-likeness (QED) is 0.626. The third-order valence-electron chi connectivity index (χ3n) is 3.39. The van der Waals surface area contributed by atoms with E-state index < -0.39 is 0 Å². The van der Waals surface area contributed by atoms with E-state index >= 15 is 0 Å². The van der Waals surface area contributed by atoms with Crippen molar-refractivity contribution in [1.82, 2.24) is 5.43 Å². The molecule has 2 aromatic carbocycles. The minimum atomic E-state index is 0.0575. The van der Waals surface area contributed by atoms with Crippen LogP contribution in [0.4, 0.5) is 0 Å². The lowest BCUT2D eigenvalue weighted by Gasteiger charge is -2.32. The number of fused-ring (bicyclic) bond motifs is 1. The maximum atomic E-state index is 6.05. The average molecular weight is 240 g/mol. The van der Waals surface area contributed by atoms with Gasteiger partial charge in [-0.25, -0.2) is 0 Å². The van der Waals surface area contributed by atoms with Gasteiger partial charge in [0.15, 0.2) is 0 Å². The summed E-state index contributed by atoms with van der Waals surface area (Å²) in [4.78, 5) is 0. The number of hydrazine groups is 1. The van der Waals surface area contributed by atoms with Crippen LogP contribution in [0, 0.1) is 0 Å². The van der Waals surface area contributed by atoms with Crippen molar-refractivity contribution in [2.45, 2.75) is 18.6 Å². The zero-order valence-corrected chi connectivity index (χ0v) is 10.0. The van der Waals surface area contributed by atoms with Gasteiger partial charge in [0.2, 0.25) is 0 Å². The van der Waals surface area contributed by atoms with Crippen molar-refractivity contribution in [3.8, 4) is 5.75 Å². The molecule has 0 saturated carbocycles. The smallest absolute Gasteiger partial charge is 0.126 e. The highest BCUT2D eigenvalue weighted by Crippen LogP contribution is 2.39. The van der Waals surface area contributed by atoms with E-state index in [0.717, 1.165) is 17.7 Å². The van der Waals surface area contributed by atoms with Gasteiger partial charge in [-0.15, -0.1) is 0 Å². The molecule has 0 fully saturated rings. The zero-order valence-electron chi connectivity index (χ0n) is 10.0. The predicted molar refractivity (Wildman–Crippen MR) is 70.9 cm³/mol. The van der Waals surface area contributed by atoms with Crippen molar-refractivity contribution in [2.24, 2.45) is 5.84 Å². The van der Waals surface area contributed by atoms with Crippen LogP contribution in [0.25, 0.3) is 0 Å². The third kappa shape index (κ3) is 1.98. The van der Waals surface area contributed by atoms with Crippen molar-refractivity contribution < 1.29 is 4.74 Å². The molecule has 0 aromatic heterocycles. The summed E-state index contributed by atoms with van der Waals surface area (Å²) in [6.07, 6.45) is 0.902. The molecular formula is C15H16N2O. The van der Waals surface area contributed by atoms with Crippen LogP contribution in [0.15, 0.2) is 54.6 Å². The molecule has 0 amide bonds. The summed E-state index contributed by atoms with van der Waals surface area (Å²) >= 11 is 0. The van der Waals surface area contributed by atoms with Gasteiger partial charge in [-0.2, -0.15) is 0 Å². The second kappa shape index (κ2) is 4.80. The molecule has 2 aromatic rings. The number of nitrogens with two attached hydrogens (primary N) is 1. The average Bonchev–Trinajstić information content (AvgIpc) is 2.47. The largest absolute Gasteiger partial charge is 0.485 e. The normalized spacial score (nSPS) is 22.1. The first-order valence-corrected chi connectivity index (χ1v) is 6.15. The molecule has 1 aliphatic heterocycles. The number of para-hydroxylation sites is 1. The molecular weight excluding hydrogens is 224 g/mol. The SMILES string of the molecule is NNC1CC(c2ccccc2)Oc2ccccc21. The van der Waals surface area contributed by atoms with Gasteiger partial charge in [0.1, 0.15) is 11.9 Å². The molecule has 0 radical (unpaired) electrons. The molecule has 3 heteroatoms. The van der Waals surface area contributed by atoms with Gasteiger partial charge in [-0.3, -0.25) is 11.3 Å². The van der Waals surface area contributed by atoms with Crippen molar-refractivity contribution in [3.05, 3.63) is 65.7 Å². The van der Waals surface area contributed by atoms with Gasteiger partial charge in [-0.05, 0) is 11.6 Å². The molecule has 0 spiro atoms. The van der Waals surface area contributed by atoms with Crippen LogP contribution in [0.2, 0.25) is 0 Å². The predicted octanol–water partition coefficient (Wildman–Crippen LogP) is 2.71. The number of hydrogen-bond donors (Lipinski definition) is 2. The van der Waals surface area contributed by atoms with Crippen molar-refractivity contribution in [1.29, 1.82) is 0 Å². The van der Waals surface area contributed by atoms with Crippen LogP contribution in [0.5, 0.6) is 5.75 Å². The van der Waals surface area contributed by atoms with E-state index in [-0.39, 0.29) is 12.1 Å². The number of hydrogen-bond acceptors (Lipinski definition) is 3. The number of ether oxygens (including phenoxy) is 1. The Labute approximate surface area is 107 Å². The van der Waals surface area contributed by atoms with Crippen molar-refractivity contribution >= 4 is 0 Å². The molecule has 3 nitrogen and oxygen atoms in total. The molecule has 0 aliphatic carbocycles. The van der Waals surface area contributed by atoms with Crippen LogP contribution in [-0.2, 0) is 0 Å². The summed E-state index contributed by atoms with van der Waals surface area (Å²) < 4.78 is 6.05. The molecule has 1 aliphatic rings. The molecule has 0 saturated heterocycles. The Hall–Kier alpha value is -1.84. The van der Waals surface area contributed by atoms with Crippen LogP contribution in [-0.4, -0.2) is 0 Å². The van der Waals surface area contributed by atoms with E-state index in [4.69, 9.17) is 10.6 Å².